The summed E-state index contributed by atoms with van der Waals surface area (Å²) in [5.74, 6) is 1.04. The Labute approximate surface area is 129 Å². The van der Waals surface area contributed by atoms with E-state index >= 15 is 0 Å². The van der Waals surface area contributed by atoms with Crippen molar-refractivity contribution in [3.8, 4) is 11.6 Å². The fraction of sp³-hybridized carbons (Fsp3) is 0. The van der Waals surface area contributed by atoms with Crippen molar-refractivity contribution in [2.75, 3.05) is 5.73 Å². The normalized spacial score (nSPS) is 10.7. The minimum Gasteiger partial charge on any atom is -0.437 e. The quantitative estimate of drug-likeness (QED) is 0.660. The number of nitrogen functional groups attached to an aromatic ring is 1. The summed E-state index contributed by atoms with van der Waals surface area (Å²) in [5.41, 5.74) is 6.26. The summed E-state index contributed by atoms with van der Waals surface area (Å²) >= 11 is 9.63. The highest BCUT2D eigenvalue weighted by Crippen LogP contribution is 2.34. The number of pyridine rings is 1. The maximum Gasteiger partial charge on any atom is 0.227 e. The first kappa shape index (κ1) is 13.2. The number of rotatable bonds is 2. The molecular formula is C15H10BrClN2O. The predicted molar refractivity (Wildman–Crippen MR) is 85.4 cm³/mol. The molecule has 0 aliphatic carbocycles. The zero-order chi connectivity index (χ0) is 14.1. The maximum atomic E-state index is 6.12. The van der Waals surface area contributed by atoms with Gasteiger partial charge in [0.2, 0.25) is 5.88 Å². The Morgan fingerprint density at radius 1 is 1.10 bits per heavy atom. The van der Waals surface area contributed by atoms with Crippen LogP contribution in [-0.4, -0.2) is 4.98 Å². The average molecular weight is 350 g/mol. The van der Waals surface area contributed by atoms with E-state index in [4.69, 9.17) is 22.1 Å². The first-order chi connectivity index (χ1) is 9.65. The number of hydrogen-bond donors (Lipinski definition) is 1. The highest BCUT2D eigenvalue weighted by atomic mass is 79.9. The molecule has 2 aromatic carbocycles. The van der Waals surface area contributed by atoms with Crippen LogP contribution >= 0.6 is 27.5 Å². The Morgan fingerprint density at radius 3 is 2.75 bits per heavy atom. The molecule has 5 heteroatoms. The molecule has 0 atom stereocenters. The van der Waals surface area contributed by atoms with Gasteiger partial charge in [-0.25, -0.2) is 4.98 Å². The lowest BCUT2D eigenvalue weighted by atomic mass is 10.2. The van der Waals surface area contributed by atoms with E-state index in [2.05, 4.69) is 20.9 Å². The number of nitrogens with zero attached hydrogens (tertiary/aromatic N) is 1. The number of ether oxygens (including phenoxy) is 1. The van der Waals surface area contributed by atoms with E-state index in [-0.39, 0.29) is 0 Å². The number of anilines is 1. The molecule has 100 valence electrons. The first-order valence-electron chi connectivity index (χ1n) is 5.91. The lowest BCUT2D eigenvalue weighted by Gasteiger charge is -2.10. The van der Waals surface area contributed by atoms with Crippen LogP contribution in [0.2, 0.25) is 5.02 Å². The van der Waals surface area contributed by atoms with Gasteiger partial charge in [0.15, 0.2) is 0 Å². The molecule has 0 amide bonds. The maximum absolute atomic E-state index is 6.12. The van der Waals surface area contributed by atoms with Gasteiger partial charge in [-0.2, -0.15) is 0 Å². The summed E-state index contributed by atoms with van der Waals surface area (Å²) in [4.78, 5) is 4.27. The smallest absolute Gasteiger partial charge is 0.227 e. The molecule has 3 nitrogen and oxygen atoms in total. The number of benzene rings is 2. The average Bonchev–Trinajstić information content (AvgIpc) is 2.43. The van der Waals surface area contributed by atoms with Crippen LogP contribution in [-0.2, 0) is 0 Å². The van der Waals surface area contributed by atoms with Gasteiger partial charge in [0, 0.05) is 27.1 Å². The molecule has 1 heterocycles. The number of nitrogens with two attached hydrogens (primary N) is 1. The molecule has 0 aliphatic heterocycles. The SMILES string of the molecule is Nc1ccc(Oc2nccc3c(Br)cccc23)c(Cl)c1. The third-order valence-electron chi connectivity index (χ3n) is 2.88. The minimum absolute atomic E-state index is 0.457. The Kier molecular flexibility index (Phi) is 3.51. The van der Waals surface area contributed by atoms with Crippen molar-refractivity contribution >= 4 is 44.0 Å². The van der Waals surface area contributed by atoms with Crippen molar-refractivity contribution < 1.29 is 4.74 Å². The lowest BCUT2D eigenvalue weighted by Crippen LogP contribution is -1.91. The van der Waals surface area contributed by atoms with Gasteiger partial charge >= 0.3 is 0 Å². The summed E-state index contributed by atoms with van der Waals surface area (Å²) in [7, 11) is 0. The molecule has 0 saturated heterocycles. The molecule has 3 aromatic rings. The molecule has 0 saturated carbocycles. The third kappa shape index (κ3) is 2.44. The molecule has 2 N–H and O–H groups in total. The van der Waals surface area contributed by atoms with Gasteiger partial charge in [0.1, 0.15) is 5.75 Å². The summed E-state index contributed by atoms with van der Waals surface area (Å²) < 4.78 is 6.80. The minimum atomic E-state index is 0.457. The Morgan fingerprint density at radius 2 is 1.95 bits per heavy atom. The van der Waals surface area contributed by atoms with Gasteiger partial charge in [-0.05, 0) is 36.4 Å². The molecule has 3 rings (SSSR count). The summed E-state index contributed by atoms with van der Waals surface area (Å²) in [5, 5.41) is 2.40. The Balaban J connectivity index is 2.09. The zero-order valence-electron chi connectivity index (χ0n) is 10.3. The predicted octanol–water partition coefficient (Wildman–Crippen LogP) is 5.03. The van der Waals surface area contributed by atoms with Gasteiger partial charge in [-0.15, -0.1) is 0 Å². The topological polar surface area (TPSA) is 48.1 Å². The van der Waals surface area contributed by atoms with Crippen molar-refractivity contribution in [2.45, 2.75) is 0 Å². The molecule has 0 aliphatic rings. The number of aromatic nitrogens is 1. The van der Waals surface area contributed by atoms with Crippen molar-refractivity contribution in [3.05, 3.63) is 58.2 Å². The van der Waals surface area contributed by atoms with Crippen LogP contribution in [0.4, 0.5) is 5.69 Å². The largest absolute Gasteiger partial charge is 0.437 e. The van der Waals surface area contributed by atoms with Gasteiger partial charge in [0.25, 0.3) is 0 Å². The van der Waals surface area contributed by atoms with Gasteiger partial charge < -0.3 is 10.5 Å². The van der Waals surface area contributed by atoms with E-state index in [1.807, 2.05) is 24.3 Å². The van der Waals surface area contributed by atoms with E-state index in [9.17, 15) is 0 Å². The monoisotopic (exact) mass is 348 g/mol. The van der Waals surface area contributed by atoms with E-state index in [0.29, 0.717) is 22.3 Å². The highest BCUT2D eigenvalue weighted by Gasteiger charge is 2.09. The van der Waals surface area contributed by atoms with Crippen LogP contribution in [0.5, 0.6) is 11.6 Å². The van der Waals surface area contributed by atoms with Crippen molar-refractivity contribution in [1.82, 2.24) is 4.98 Å². The number of halogens is 2. The van der Waals surface area contributed by atoms with Gasteiger partial charge in [-0.3, -0.25) is 0 Å². The van der Waals surface area contributed by atoms with Crippen molar-refractivity contribution in [3.63, 3.8) is 0 Å². The molecular weight excluding hydrogens is 340 g/mol. The molecule has 1 aromatic heterocycles. The van der Waals surface area contributed by atoms with E-state index in [1.54, 1.807) is 24.4 Å². The Bertz CT molecular complexity index is 792. The molecule has 20 heavy (non-hydrogen) atoms. The molecule has 0 fully saturated rings. The second-order valence-corrected chi connectivity index (χ2v) is 5.50. The highest BCUT2D eigenvalue weighted by molar-refractivity contribution is 9.10. The van der Waals surface area contributed by atoms with E-state index < -0.39 is 0 Å². The van der Waals surface area contributed by atoms with Crippen LogP contribution in [0.15, 0.2) is 53.1 Å². The lowest BCUT2D eigenvalue weighted by molar-refractivity contribution is 0.469. The molecule has 0 unspecified atom stereocenters. The van der Waals surface area contributed by atoms with Gasteiger partial charge in [0.05, 0.1) is 5.02 Å². The van der Waals surface area contributed by atoms with Crippen LogP contribution in [0.25, 0.3) is 10.8 Å². The van der Waals surface area contributed by atoms with Gasteiger partial charge in [-0.1, -0.05) is 33.6 Å². The second kappa shape index (κ2) is 5.31. The number of fused-ring (bicyclic) bond motifs is 1. The molecule has 0 spiro atoms. The van der Waals surface area contributed by atoms with Crippen LogP contribution in [0.3, 0.4) is 0 Å². The summed E-state index contributed by atoms with van der Waals surface area (Å²) in [6.07, 6.45) is 1.70. The fourth-order valence-corrected chi connectivity index (χ4v) is 2.65. The first-order valence-corrected chi connectivity index (χ1v) is 7.08. The molecule has 0 radical (unpaired) electrons. The number of hydrogen-bond acceptors (Lipinski definition) is 3. The summed E-state index contributed by atoms with van der Waals surface area (Å²) in [6, 6.07) is 12.9. The van der Waals surface area contributed by atoms with E-state index in [0.717, 1.165) is 15.2 Å². The van der Waals surface area contributed by atoms with E-state index in [1.165, 1.54) is 0 Å². The van der Waals surface area contributed by atoms with Crippen LogP contribution in [0, 0.1) is 0 Å². The van der Waals surface area contributed by atoms with Crippen LogP contribution < -0.4 is 10.5 Å². The third-order valence-corrected chi connectivity index (χ3v) is 3.87. The Hall–Kier alpha value is -1.78. The van der Waals surface area contributed by atoms with Crippen LogP contribution in [0.1, 0.15) is 0 Å². The van der Waals surface area contributed by atoms with Crippen molar-refractivity contribution in [2.24, 2.45) is 0 Å². The molecule has 0 bridgehead atoms. The standard InChI is InChI=1S/C15H10BrClN2O/c16-12-3-1-2-11-10(12)6-7-19-15(11)20-14-5-4-9(18)8-13(14)17/h1-8H,18H2. The fourth-order valence-electron chi connectivity index (χ4n) is 1.93. The summed E-state index contributed by atoms with van der Waals surface area (Å²) in [6.45, 7) is 0. The zero-order valence-corrected chi connectivity index (χ0v) is 12.6. The van der Waals surface area contributed by atoms with Crippen molar-refractivity contribution in [1.29, 1.82) is 0 Å². The second-order valence-electron chi connectivity index (χ2n) is 4.24.